The standard InChI is InChI=1S/C24H38N4O4/c1-3-17(2)22(27-21(30)13-10-18-8-11-19(29)12-9-18)24(32)28-16-6-7-20(28)23(31)26-15-5-4-14-25/h8-9,11-12,17,20,22,29H,3-7,10,13-16,25H2,1-2H3,(H,26,31)(H,27,30)/t17-,20-,22-/m0/s1. The van der Waals surface area contributed by atoms with Crippen molar-refractivity contribution in [3.63, 3.8) is 0 Å². The summed E-state index contributed by atoms with van der Waals surface area (Å²) in [6, 6.07) is 5.60. The lowest BCUT2D eigenvalue weighted by molar-refractivity contribution is -0.142. The molecule has 1 aromatic rings. The summed E-state index contributed by atoms with van der Waals surface area (Å²) in [5, 5.41) is 15.2. The molecule has 32 heavy (non-hydrogen) atoms. The zero-order valence-electron chi connectivity index (χ0n) is 19.3. The van der Waals surface area contributed by atoms with Crippen LogP contribution in [-0.4, -0.2) is 59.4 Å². The summed E-state index contributed by atoms with van der Waals surface area (Å²) in [5.41, 5.74) is 6.43. The Kier molecular flexibility index (Phi) is 10.5. The van der Waals surface area contributed by atoms with Crippen LogP contribution >= 0.6 is 0 Å². The van der Waals surface area contributed by atoms with E-state index in [1.807, 2.05) is 13.8 Å². The van der Waals surface area contributed by atoms with Gasteiger partial charge < -0.3 is 26.4 Å². The zero-order valence-corrected chi connectivity index (χ0v) is 19.3. The number of aryl methyl sites for hydroxylation is 1. The summed E-state index contributed by atoms with van der Waals surface area (Å²) in [6.07, 6.45) is 4.57. The van der Waals surface area contributed by atoms with Crippen molar-refractivity contribution in [2.45, 2.75) is 70.9 Å². The molecule has 1 aliphatic heterocycles. The lowest BCUT2D eigenvalue weighted by Crippen LogP contribution is -2.55. The maximum Gasteiger partial charge on any atom is 0.246 e. The van der Waals surface area contributed by atoms with Gasteiger partial charge >= 0.3 is 0 Å². The number of nitrogens with one attached hydrogen (secondary N) is 2. The normalized spacial score (nSPS) is 17.6. The molecule has 0 bridgehead atoms. The second kappa shape index (κ2) is 13.1. The molecule has 1 heterocycles. The van der Waals surface area contributed by atoms with Gasteiger partial charge in [-0.05, 0) is 62.3 Å². The van der Waals surface area contributed by atoms with Gasteiger partial charge in [-0.15, -0.1) is 0 Å². The Morgan fingerprint density at radius 2 is 1.94 bits per heavy atom. The molecule has 0 radical (unpaired) electrons. The molecular formula is C24H38N4O4. The number of nitrogens with two attached hydrogens (primary N) is 1. The van der Waals surface area contributed by atoms with Gasteiger partial charge in [-0.3, -0.25) is 14.4 Å². The van der Waals surface area contributed by atoms with Crippen LogP contribution in [0.2, 0.25) is 0 Å². The van der Waals surface area contributed by atoms with Crippen molar-refractivity contribution < 1.29 is 19.5 Å². The first-order valence-electron chi connectivity index (χ1n) is 11.7. The first-order chi connectivity index (χ1) is 15.4. The fourth-order valence-corrected chi connectivity index (χ4v) is 3.93. The van der Waals surface area contributed by atoms with Crippen LogP contribution in [0.15, 0.2) is 24.3 Å². The lowest BCUT2D eigenvalue weighted by Gasteiger charge is -2.31. The highest BCUT2D eigenvalue weighted by Gasteiger charge is 2.38. The van der Waals surface area contributed by atoms with Gasteiger partial charge in [-0.1, -0.05) is 32.4 Å². The van der Waals surface area contributed by atoms with E-state index >= 15 is 0 Å². The number of carbonyl (C=O) groups excluding carboxylic acids is 3. The highest BCUT2D eigenvalue weighted by atomic mass is 16.3. The van der Waals surface area contributed by atoms with E-state index in [4.69, 9.17) is 5.73 Å². The number of benzene rings is 1. The fourth-order valence-electron chi connectivity index (χ4n) is 3.93. The summed E-state index contributed by atoms with van der Waals surface area (Å²) in [4.78, 5) is 40.3. The van der Waals surface area contributed by atoms with Crippen molar-refractivity contribution >= 4 is 17.7 Å². The number of hydrogen-bond acceptors (Lipinski definition) is 5. The number of phenolic OH excluding ortho intramolecular Hbond substituents is 1. The minimum Gasteiger partial charge on any atom is -0.508 e. The Bertz CT molecular complexity index is 753. The Morgan fingerprint density at radius 1 is 1.22 bits per heavy atom. The van der Waals surface area contributed by atoms with Crippen molar-refractivity contribution in [3.05, 3.63) is 29.8 Å². The molecule has 0 unspecified atom stereocenters. The van der Waals surface area contributed by atoms with Crippen LogP contribution in [0.1, 0.15) is 57.9 Å². The van der Waals surface area contributed by atoms with Gasteiger partial charge in [0.05, 0.1) is 0 Å². The van der Waals surface area contributed by atoms with E-state index in [0.717, 1.165) is 31.2 Å². The van der Waals surface area contributed by atoms with Crippen LogP contribution in [0.5, 0.6) is 5.75 Å². The lowest BCUT2D eigenvalue weighted by atomic mass is 9.97. The zero-order chi connectivity index (χ0) is 23.5. The maximum absolute atomic E-state index is 13.4. The summed E-state index contributed by atoms with van der Waals surface area (Å²) in [6.45, 7) is 5.60. The van der Waals surface area contributed by atoms with Gasteiger partial charge in [-0.2, -0.15) is 0 Å². The molecule has 1 saturated heterocycles. The third-order valence-corrected chi connectivity index (χ3v) is 6.14. The molecule has 0 aromatic heterocycles. The van der Waals surface area contributed by atoms with Crippen molar-refractivity contribution in [3.8, 4) is 5.75 Å². The Morgan fingerprint density at radius 3 is 2.59 bits per heavy atom. The van der Waals surface area contributed by atoms with E-state index in [1.165, 1.54) is 0 Å². The minimum atomic E-state index is -0.655. The average molecular weight is 447 g/mol. The van der Waals surface area contributed by atoms with Crippen LogP contribution in [0.4, 0.5) is 0 Å². The number of hydrogen-bond donors (Lipinski definition) is 4. The molecule has 2 rings (SSSR count). The molecule has 3 amide bonds. The minimum absolute atomic E-state index is 0.0472. The number of aromatic hydroxyl groups is 1. The summed E-state index contributed by atoms with van der Waals surface area (Å²) in [5.74, 6) is -0.372. The molecule has 1 fully saturated rings. The number of likely N-dealkylation sites (tertiary alicyclic amines) is 1. The van der Waals surface area contributed by atoms with Gasteiger partial charge in [0.25, 0.3) is 0 Å². The Balaban J connectivity index is 1.97. The van der Waals surface area contributed by atoms with Crippen LogP contribution in [-0.2, 0) is 20.8 Å². The fraction of sp³-hybridized carbons (Fsp3) is 0.625. The number of rotatable bonds is 12. The highest BCUT2D eigenvalue weighted by Crippen LogP contribution is 2.21. The Hall–Kier alpha value is -2.61. The predicted molar refractivity (Wildman–Crippen MR) is 124 cm³/mol. The summed E-state index contributed by atoms with van der Waals surface area (Å²) >= 11 is 0. The number of phenols is 1. The molecule has 8 heteroatoms. The van der Waals surface area contributed by atoms with Crippen molar-refractivity contribution in [1.82, 2.24) is 15.5 Å². The largest absolute Gasteiger partial charge is 0.508 e. The number of nitrogens with zero attached hydrogens (tertiary/aromatic N) is 1. The van der Waals surface area contributed by atoms with E-state index in [-0.39, 0.29) is 35.8 Å². The second-order valence-electron chi connectivity index (χ2n) is 8.57. The third-order valence-electron chi connectivity index (χ3n) is 6.14. The van der Waals surface area contributed by atoms with Gasteiger partial charge in [0.1, 0.15) is 17.8 Å². The topological polar surface area (TPSA) is 125 Å². The molecular weight excluding hydrogens is 408 g/mol. The van der Waals surface area contributed by atoms with E-state index in [9.17, 15) is 19.5 Å². The van der Waals surface area contributed by atoms with Crippen LogP contribution in [0, 0.1) is 5.92 Å². The highest BCUT2D eigenvalue weighted by molar-refractivity contribution is 5.92. The van der Waals surface area contributed by atoms with Gasteiger partial charge in [0.15, 0.2) is 0 Å². The van der Waals surface area contributed by atoms with Crippen molar-refractivity contribution in [2.75, 3.05) is 19.6 Å². The summed E-state index contributed by atoms with van der Waals surface area (Å²) < 4.78 is 0. The number of amides is 3. The quantitative estimate of drug-likeness (QED) is 0.364. The van der Waals surface area contributed by atoms with E-state index < -0.39 is 12.1 Å². The van der Waals surface area contributed by atoms with Gasteiger partial charge in [0.2, 0.25) is 17.7 Å². The maximum atomic E-state index is 13.4. The molecule has 0 spiro atoms. The predicted octanol–water partition coefficient (Wildman–Crippen LogP) is 1.70. The van der Waals surface area contributed by atoms with Crippen LogP contribution in [0.3, 0.4) is 0 Å². The second-order valence-corrected chi connectivity index (χ2v) is 8.57. The van der Waals surface area contributed by atoms with Crippen molar-refractivity contribution in [2.24, 2.45) is 11.7 Å². The molecule has 0 aliphatic carbocycles. The van der Waals surface area contributed by atoms with Gasteiger partial charge in [0, 0.05) is 19.5 Å². The first kappa shape index (κ1) is 25.6. The van der Waals surface area contributed by atoms with E-state index in [2.05, 4.69) is 10.6 Å². The monoisotopic (exact) mass is 446 g/mol. The van der Waals surface area contributed by atoms with Crippen LogP contribution in [0.25, 0.3) is 0 Å². The number of unbranched alkanes of at least 4 members (excludes halogenated alkanes) is 1. The molecule has 8 nitrogen and oxygen atoms in total. The molecule has 0 saturated carbocycles. The molecule has 5 N–H and O–H groups in total. The molecule has 1 aliphatic rings. The smallest absolute Gasteiger partial charge is 0.246 e. The summed E-state index contributed by atoms with van der Waals surface area (Å²) in [7, 11) is 0. The first-order valence-corrected chi connectivity index (χ1v) is 11.7. The number of carbonyl (C=O) groups is 3. The Labute approximate surface area is 190 Å². The SMILES string of the molecule is CC[C@H](C)[C@H](NC(=O)CCc1ccc(O)cc1)C(=O)N1CCC[C@H]1C(=O)NCCCCN. The van der Waals surface area contributed by atoms with Crippen molar-refractivity contribution in [1.29, 1.82) is 0 Å². The van der Waals surface area contributed by atoms with Gasteiger partial charge in [-0.25, -0.2) is 0 Å². The van der Waals surface area contributed by atoms with Crippen LogP contribution < -0.4 is 16.4 Å². The molecule has 1 aromatic carbocycles. The van der Waals surface area contributed by atoms with E-state index in [1.54, 1.807) is 29.2 Å². The van der Waals surface area contributed by atoms with E-state index in [0.29, 0.717) is 32.5 Å². The third kappa shape index (κ3) is 7.51. The molecule has 178 valence electrons. The molecule has 3 atom stereocenters. The average Bonchev–Trinajstić information content (AvgIpc) is 3.29.